The van der Waals surface area contributed by atoms with Gasteiger partial charge in [-0.1, -0.05) is 6.92 Å². The molecule has 4 heteroatoms. The normalized spacial score (nSPS) is 29.1. The van der Waals surface area contributed by atoms with Crippen LogP contribution in [0.5, 0.6) is 0 Å². The van der Waals surface area contributed by atoms with Gasteiger partial charge in [0.1, 0.15) is 11.4 Å². The fourth-order valence-corrected chi connectivity index (χ4v) is 4.06. The Balaban J connectivity index is 1.88. The number of aromatic nitrogens is 2. The summed E-state index contributed by atoms with van der Waals surface area (Å²) in [4.78, 5) is 4.77. The van der Waals surface area contributed by atoms with Gasteiger partial charge < -0.3 is 4.57 Å². The molecule has 1 N–H and O–H groups in total. The van der Waals surface area contributed by atoms with E-state index in [4.69, 9.17) is 4.98 Å². The molecule has 0 bridgehead atoms. The zero-order chi connectivity index (χ0) is 14.2. The van der Waals surface area contributed by atoms with Crippen LogP contribution in [0.3, 0.4) is 0 Å². The Kier molecular flexibility index (Phi) is 3.55. The van der Waals surface area contributed by atoms with Crippen LogP contribution in [0.25, 0.3) is 0 Å². The number of hydrogen-bond donors (Lipinski definition) is 1. The van der Waals surface area contributed by atoms with Crippen molar-refractivity contribution in [2.45, 2.75) is 70.4 Å². The molecule has 1 aromatic rings. The monoisotopic (exact) mass is 272 g/mol. The van der Waals surface area contributed by atoms with Crippen molar-refractivity contribution in [2.75, 3.05) is 6.54 Å². The molecule has 0 aliphatic heterocycles. The van der Waals surface area contributed by atoms with Crippen LogP contribution in [0, 0.1) is 18.3 Å². The predicted octanol–water partition coefficient (Wildman–Crippen LogP) is 2.67. The Morgan fingerprint density at radius 3 is 3.00 bits per heavy atom. The molecule has 4 nitrogen and oxygen atoms in total. The fourth-order valence-electron chi connectivity index (χ4n) is 4.06. The van der Waals surface area contributed by atoms with Crippen molar-refractivity contribution in [1.29, 1.82) is 5.26 Å². The highest BCUT2D eigenvalue weighted by atomic mass is 15.1. The van der Waals surface area contributed by atoms with Gasteiger partial charge in [0.2, 0.25) is 0 Å². The molecule has 0 spiro atoms. The molecule has 2 unspecified atom stereocenters. The summed E-state index contributed by atoms with van der Waals surface area (Å²) >= 11 is 0. The van der Waals surface area contributed by atoms with E-state index in [1.807, 2.05) is 0 Å². The molecule has 3 rings (SSSR count). The minimum Gasteiger partial charge on any atom is -0.329 e. The van der Waals surface area contributed by atoms with Crippen molar-refractivity contribution in [3.63, 3.8) is 0 Å². The second-order valence-corrected chi connectivity index (χ2v) is 6.25. The van der Waals surface area contributed by atoms with E-state index in [1.54, 1.807) is 0 Å². The van der Waals surface area contributed by atoms with Gasteiger partial charge in [-0.25, -0.2) is 4.98 Å². The summed E-state index contributed by atoms with van der Waals surface area (Å²) in [6.07, 6.45) is 7.80. The molecule has 2 aliphatic carbocycles. The van der Waals surface area contributed by atoms with Crippen LogP contribution in [0.15, 0.2) is 0 Å². The van der Waals surface area contributed by atoms with E-state index >= 15 is 0 Å². The summed E-state index contributed by atoms with van der Waals surface area (Å²) in [5.41, 5.74) is 2.44. The molecule has 0 saturated heterocycles. The standard InChI is InChI=1S/C16H24N4/c1-3-18-16(11-17)9-8-13(10-16)20-12(2)19-14-6-4-5-7-15(14)20/h13,18H,3-10H2,1-2H3. The third kappa shape index (κ3) is 2.14. The maximum absolute atomic E-state index is 9.53. The molecule has 1 heterocycles. The minimum atomic E-state index is -0.322. The molecular weight excluding hydrogens is 248 g/mol. The second-order valence-electron chi connectivity index (χ2n) is 6.25. The van der Waals surface area contributed by atoms with Crippen molar-refractivity contribution < 1.29 is 0 Å². The van der Waals surface area contributed by atoms with Crippen molar-refractivity contribution in [3.8, 4) is 6.07 Å². The van der Waals surface area contributed by atoms with Crippen molar-refractivity contribution in [3.05, 3.63) is 17.2 Å². The van der Waals surface area contributed by atoms with E-state index in [-0.39, 0.29) is 5.54 Å². The Bertz CT molecular complexity index is 539. The summed E-state index contributed by atoms with van der Waals surface area (Å²) in [5, 5.41) is 12.9. The summed E-state index contributed by atoms with van der Waals surface area (Å²) in [6.45, 7) is 5.07. The SMILES string of the molecule is CCNC1(C#N)CCC(n2c(C)nc3c2CCCC3)C1. The maximum Gasteiger partial charge on any atom is 0.108 e. The number of nitrogens with zero attached hydrogens (tertiary/aromatic N) is 3. The number of rotatable bonds is 3. The smallest absolute Gasteiger partial charge is 0.108 e. The van der Waals surface area contributed by atoms with Gasteiger partial charge in [0.05, 0.1) is 11.8 Å². The van der Waals surface area contributed by atoms with Gasteiger partial charge in [0, 0.05) is 11.7 Å². The lowest BCUT2D eigenvalue weighted by atomic mass is 9.98. The molecule has 108 valence electrons. The molecule has 20 heavy (non-hydrogen) atoms. The number of nitriles is 1. The highest BCUT2D eigenvalue weighted by molar-refractivity contribution is 5.23. The van der Waals surface area contributed by atoms with Gasteiger partial charge in [-0.2, -0.15) is 5.26 Å². The summed E-state index contributed by atoms with van der Waals surface area (Å²) in [6, 6.07) is 2.97. The molecule has 0 amide bonds. The van der Waals surface area contributed by atoms with Gasteiger partial charge in [0.15, 0.2) is 0 Å². The third-order valence-electron chi connectivity index (χ3n) is 4.93. The van der Waals surface area contributed by atoms with E-state index in [2.05, 4.69) is 29.8 Å². The van der Waals surface area contributed by atoms with Crippen LogP contribution in [-0.2, 0) is 12.8 Å². The lowest BCUT2D eigenvalue weighted by Crippen LogP contribution is -2.41. The van der Waals surface area contributed by atoms with Gasteiger partial charge in [-0.05, 0) is 58.4 Å². The largest absolute Gasteiger partial charge is 0.329 e. The fraction of sp³-hybridized carbons (Fsp3) is 0.750. The van der Waals surface area contributed by atoms with Gasteiger partial charge in [-0.3, -0.25) is 5.32 Å². The van der Waals surface area contributed by atoms with Crippen molar-refractivity contribution in [2.24, 2.45) is 0 Å². The number of fused-ring (bicyclic) bond motifs is 1. The van der Waals surface area contributed by atoms with E-state index in [0.717, 1.165) is 44.5 Å². The molecule has 2 aliphatic rings. The number of imidazole rings is 1. The van der Waals surface area contributed by atoms with E-state index in [0.29, 0.717) is 6.04 Å². The highest BCUT2D eigenvalue weighted by Gasteiger charge is 2.40. The van der Waals surface area contributed by atoms with E-state index in [1.165, 1.54) is 24.2 Å². The van der Waals surface area contributed by atoms with Crippen LogP contribution < -0.4 is 5.32 Å². The van der Waals surface area contributed by atoms with Crippen LogP contribution in [-0.4, -0.2) is 21.6 Å². The van der Waals surface area contributed by atoms with Gasteiger partial charge in [-0.15, -0.1) is 0 Å². The molecule has 1 aromatic heterocycles. The lowest BCUT2D eigenvalue weighted by molar-refractivity contribution is 0.401. The van der Waals surface area contributed by atoms with Gasteiger partial charge >= 0.3 is 0 Å². The average Bonchev–Trinajstić information content (AvgIpc) is 3.00. The second kappa shape index (κ2) is 5.21. The molecule has 1 saturated carbocycles. The zero-order valence-electron chi connectivity index (χ0n) is 12.6. The molecule has 0 radical (unpaired) electrons. The quantitative estimate of drug-likeness (QED) is 0.920. The Hall–Kier alpha value is -1.34. The Labute approximate surface area is 121 Å². The number of hydrogen-bond acceptors (Lipinski definition) is 3. The third-order valence-corrected chi connectivity index (χ3v) is 4.93. The van der Waals surface area contributed by atoms with Crippen LogP contribution in [0.1, 0.15) is 62.3 Å². The highest BCUT2D eigenvalue weighted by Crippen LogP contribution is 2.40. The van der Waals surface area contributed by atoms with Crippen molar-refractivity contribution in [1.82, 2.24) is 14.9 Å². The maximum atomic E-state index is 9.53. The molecule has 0 aromatic carbocycles. The van der Waals surface area contributed by atoms with Gasteiger partial charge in [0.25, 0.3) is 0 Å². The average molecular weight is 272 g/mol. The van der Waals surface area contributed by atoms with Crippen LogP contribution in [0.2, 0.25) is 0 Å². The Morgan fingerprint density at radius 2 is 2.25 bits per heavy atom. The van der Waals surface area contributed by atoms with E-state index in [9.17, 15) is 5.26 Å². The van der Waals surface area contributed by atoms with E-state index < -0.39 is 0 Å². The topological polar surface area (TPSA) is 53.6 Å². The molecule has 2 atom stereocenters. The number of nitrogens with one attached hydrogen (secondary N) is 1. The predicted molar refractivity (Wildman–Crippen MR) is 78.5 cm³/mol. The first-order valence-electron chi connectivity index (χ1n) is 7.92. The first-order chi connectivity index (χ1) is 9.69. The Morgan fingerprint density at radius 1 is 1.45 bits per heavy atom. The summed E-state index contributed by atoms with van der Waals surface area (Å²) < 4.78 is 2.45. The molecule has 1 fully saturated rings. The minimum absolute atomic E-state index is 0.322. The summed E-state index contributed by atoms with van der Waals surface area (Å²) in [7, 11) is 0. The zero-order valence-corrected chi connectivity index (χ0v) is 12.6. The van der Waals surface area contributed by atoms with Crippen LogP contribution >= 0.6 is 0 Å². The van der Waals surface area contributed by atoms with Crippen molar-refractivity contribution >= 4 is 0 Å². The lowest BCUT2D eigenvalue weighted by Gasteiger charge is -2.24. The number of aryl methyl sites for hydroxylation is 2. The first-order valence-corrected chi connectivity index (χ1v) is 7.92. The first kappa shape index (κ1) is 13.6. The van der Waals surface area contributed by atoms with Crippen LogP contribution in [0.4, 0.5) is 0 Å². The molecular formula is C16H24N4. The summed E-state index contributed by atoms with van der Waals surface area (Å²) in [5.74, 6) is 1.15.